The highest BCUT2D eigenvalue weighted by atomic mass is 35.5. The van der Waals surface area contributed by atoms with Gasteiger partial charge in [-0.15, -0.1) is 0 Å². The fourth-order valence-corrected chi connectivity index (χ4v) is 5.45. The second-order valence-corrected chi connectivity index (χ2v) is 9.34. The number of hydrogen-bond donors (Lipinski definition) is 0. The second kappa shape index (κ2) is 7.26. The van der Waals surface area contributed by atoms with Crippen molar-refractivity contribution < 1.29 is 13.2 Å². The van der Waals surface area contributed by atoms with Gasteiger partial charge in [0.05, 0.1) is 4.90 Å². The first-order valence-corrected chi connectivity index (χ1v) is 11.0. The van der Waals surface area contributed by atoms with E-state index in [1.165, 1.54) is 0 Å². The molecule has 0 spiro atoms. The minimum atomic E-state index is -3.46. The lowest BCUT2D eigenvalue weighted by Crippen LogP contribution is -2.35. The second-order valence-electron chi connectivity index (χ2n) is 6.97. The molecule has 2 aromatic rings. The lowest BCUT2D eigenvalue weighted by atomic mass is 10.1. The van der Waals surface area contributed by atoms with E-state index in [-0.39, 0.29) is 5.91 Å². The van der Waals surface area contributed by atoms with E-state index in [0.717, 1.165) is 30.5 Å². The van der Waals surface area contributed by atoms with Gasteiger partial charge in [-0.05, 0) is 67.3 Å². The maximum atomic E-state index is 12.9. The number of sulfonamides is 1. The van der Waals surface area contributed by atoms with Crippen molar-refractivity contribution in [2.45, 2.75) is 30.6 Å². The van der Waals surface area contributed by atoms with Gasteiger partial charge in [0, 0.05) is 35.9 Å². The summed E-state index contributed by atoms with van der Waals surface area (Å²) < 4.78 is 27.4. The van der Waals surface area contributed by atoms with Crippen LogP contribution in [0.5, 0.6) is 0 Å². The van der Waals surface area contributed by atoms with Crippen LogP contribution in [0.2, 0.25) is 5.02 Å². The molecule has 0 N–H and O–H groups in total. The Morgan fingerprint density at radius 1 is 0.926 bits per heavy atom. The molecular weight excluding hydrogens is 384 g/mol. The molecule has 142 valence electrons. The maximum Gasteiger partial charge on any atom is 0.258 e. The number of piperidine rings is 1. The van der Waals surface area contributed by atoms with Crippen molar-refractivity contribution in [1.82, 2.24) is 4.31 Å². The molecule has 1 saturated heterocycles. The number of fused-ring (bicyclic) bond motifs is 1. The van der Waals surface area contributed by atoms with Gasteiger partial charge in [-0.3, -0.25) is 4.79 Å². The summed E-state index contributed by atoms with van der Waals surface area (Å²) in [5.41, 5.74) is 2.25. The standard InChI is InChI=1S/C20H21ClN2O3S/c21-17-6-4-15(5-7-17)20(24)23-13-10-16-14-18(8-9-19(16)23)27(25,26)22-11-2-1-3-12-22/h4-9,14H,1-3,10-13H2. The summed E-state index contributed by atoms with van der Waals surface area (Å²) in [5.74, 6) is -0.0999. The minimum absolute atomic E-state index is 0.0999. The van der Waals surface area contributed by atoms with Crippen LogP contribution in [0, 0.1) is 0 Å². The van der Waals surface area contributed by atoms with Crippen LogP contribution in [0.15, 0.2) is 47.4 Å². The van der Waals surface area contributed by atoms with Gasteiger partial charge in [0.1, 0.15) is 0 Å². The molecule has 0 saturated carbocycles. The SMILES string of the molecule is O=C(c1ccc(Cl)cc1)N1CCc2cc(S(=O)(=O)N3CCCCC3)ccc21. The predicted molar refractivity (Wildman–Crippen MR) is 106 cm³/mol. The van der Waals surface area contributed by atoms with Gasteiger partial charge in [-0.2, -0.15) is 4.31 Å². The molecule has 1 fully saturated rings. The monoisotopic (exact) mass is 404 g/mol. The molecule has 1 amide bonds. The van der Waals surface area contributed by atoms with Crippen molar-refractivity contribution in [2.75, 3.05) is 24.5 Å². The van der Waals surface area contributed by atoms with Gasteiger partial charge < -0.3 is 4.90 Å². The summed E-state index contributed by atoms with van der Waals surface area (Å²) >= 11 is 5.90. The molecule has 2 aliphatic heterocycles. The van der Waals surface area contributed by atoms with E-state index in [1.54, 1.807) is 51.7 Å². The van der Waals surface area contributed by atoms with Crippen LogP contribution in [0.4, 0.5) is 5.69 Å². The molecule has 0 unspecified atom stereocenters. The summed E-state index contributed by atoms with van der Waals surface area (Å²) in [4.78, 5) is 14.8. The van der Waals surface area contributed by atoms with Gasteiger partial charge in [-0.1, -0.05) is 18.0 Å². The van der Waals surface area contributed by atoms with E-state index in [0.29, 0.717) is 41.5 Å². The molecule has 0 aliphatic carbocycles. The lowest BCUT2D eigenvalue weighted by Gasteiger charge is -2.26. The molecule has 2 aromatic carbocycles. The first-order chi connectivity index (χ1) is 13.0. The highest BCUT2D eigenvalue weighted by Crippen LogP contribution is 2.32. The smallest absolute Gasteiger partial charge is 0.258 e. The highest BCUT2D eigenvalue weighted by molar-refractivity contribution is 7.89. The number of carbonyl (C=O) groups excluding carboxylic acids is 1. The number of rotatable bonds is 3. The van der Waals surface area contributed by atoms with Crippen molar-refractivity contribution in [3.63, 3.8) is 0 Å². The number of amides is 1. The topological polar surface area (TPSA) is 57.7 Å². The molecule has 0 radical (unpaired) electrons. The Balaban J connectivity index is 1.60. The number of halogens is 1. The highest BCUT2D eigenvalue weighted by Gasteiger charge is 2.30. The van der Waals surface area contributed by atoms with E-state index in [1.807, 2.05) is 0 Å². The molecule has 2 aliphatic rings. The van der Waals surface area contributed by atoms with Gasteiger partial charge in [0.25, 0.3) is 5.91 Å². The fourth-order valence-electron chi connectivity index (χ4n) is 3.75. The molecule has 27 heavy (non-hydrogen) atoms. The van der Waals surface area contributed by atoms with Crippen molar-refractivity contribution >= 4 is 33.2 Å². The van der Waals surface area contributed by atoms with E-state index in [4.69, 9.17) is 11.6 Å². The summed E-state index contributed by atoms with van der Waals surface area (Å²) in [6, 6.07) is 11.9. The third-order valence-electron chi connectivity index (χ3n) is 5.24. The third-order valence-corrected chi connectivity index (χ3v) is 7.38. The van der Waals surface area contributed by atoms with Gasteiger partial charge in [0.2, 0.25) is 10.0 Å². The zero-order valence-electron chi connectivity index (χ0n) is 14.9. The molecule has 4 rings (SSSR count). The lowest BCUT2D eigenvalue weighted by molar-refractivity contribution is 0.0989. The van der Waals surface area contributed by atoms with Crippen LogP contribution in [0.25, 0.3) is 0 Å². The molecule has 7 heteroatoms. The zero-order valence-corrected chi connectivity index (χ0v) is 16.5. The Hall–Kier alpha value is -1.89. The Kier molecular flexibility index (Phi) is 4.97. The van der Waals surface area contributed by atoms with Crippen molar-refractivity contribution in [3.8, 4) is 0 Å². The summed E-state index contributed by atoms with van der Waals surface area (Å²) in [6.45, 7) is 1.71. The largest absolute Gasteiger partial charge is 0.308 e. The van der Waals surface area contributed by atoms with Crippen molar-refractivity contribution in [1.29, 1.82) is 0 Å². The van der Waals surface area contributed by atoms with Crippen LogP contribution in [0.1, 0.15) is 35.2 Å². The predicted octanol–water partition coefficient (Wildman–Crippen LogP) is 3.72. The zero-order chi connectivity index (χ0) is 19.0. The van der Waals surface area contributed by atoms with Crippen LogP contribution in [-0.4, -0.2) is 38.3 Å². The number of benzene rings is 2. The third kappa shape index (κ3) is 3.49. The Bertz CT molecular complexity index is 967. The molecular formula is C20H21ClN2O3S. The molecule has 2 heterocycles. The summed E-state index contributed by atoms with van der Waals surface area (Å²) in [6.07, 6.45) is 3.55. The van der Waals surface area contributed by atoms with E-state index >= 15 is 0 Å². The normalized spacial score (nSPS) is 17.7. The maximum absolute atomic E-state index is 12.9. The average molecular weight is 405 g/mol. The van der Waals surface area contributed by atoms with Crippen LogP contribution >= 0.6 is 11.6 Å². The first kappa shape index (κ1) is 18.5. The fraction of sp³-hybridized carbons (Fsp3) is 0.350. The minimum Gasteiger partial charge on any atom is -0.308 e. The average Bonchev–Trinajstić information content (AvgIpc) is 3.12. The van der Waals surface area contributed by atoms with Crippen molar-refractivity contribution in [3.05, 3.63) is 58.6 Å². The quantitative estimate of drug-likeness (QED) is 0.783. The van der Waals surface area contributed by atoms with Crippen LogP contribution in [0.3, 0.4) is 0 Å². The molecule has 5 nitrogen and oxygen atoms in total. The Morgan fingerprint density at radius 3 is 2.33 bits per heavy atom. The van der Waals surface area contributed by atoms with Gasteiger partial charge in [0.15, 0.2) is 0 Å². The number of hydrogen-bond acceptors (Lipinski definition) is 3. The molecule has 0 aromatic heterocycles. The first-order valence-electron chi connectivity index (χ1n) is 9.17. The number of carbonyl (C=O) groups is 1. The van der Waals surface area contributed by atoms with Crippen molar-refractivity contribution in [2.24, 2.45) is 0 Å². The summed E-state index contributed by atoms with van der Waals surface area (Å²) in [7, 11) is -3.46. The van der Waals surface area contributed by atoms with Gasteiger partial charge >= 0.3 is 0 Å². The van der Waals surface area contributed by atoms with E-state index in [9.17, 15) is 13.2 Å². The van der Waals surface area contributed by atoms with Gasteiger partial charge in [-0.25, -0.2) is 8.42 Å². The van der Waals surface area contributed by atoms with Crippen LogP contribution in [-0.2, 0) is 16.4 Å². The van der Waals surface area contributed by atoms with Crippen LogP contribution < -0.4 is 4.90 Å². The number of anilines is 1. The molecule has 0 bridgehead atoms. The Labute approximate surface area is 164 Å². The Morgan fingerprint density at radius 2 is 1.63 bits per heavy atom. The van der Waals surface area contributed by atoms with E-state index < -0.39 is 10.0 Å². The van der Waals surface area contributed by atoms with E-state index in [2.05, 4.69) is 0 Å². The number of nitrogens with zero attached hydrogens (tertiary/aromatic N) is 2. The summed E-state index contributed by atoms with van der Waals surface area (Å²) in [5, 5.41) is 0.584. The molecule has 0 atom stereocenters.